The van der Waals surface area contributed by atoms with Crippen molar-refractivity contribution in [3.05, 3.63) is 109 Å². The van der Waals surface area contributed by atoms with Gasteiger partial charge in [-0.25, -0.2) is 0 Å². The highest BCUT2D eigenvalue weighted by Gasteiger charge is 2.53. The van der Waals surface area contributed by atoms with Crippen LogP contribution in [0.25, 0.3) is 0 Å². The zero-order valence-electron chi connectivity index (χ0n) is 51.5. The number of hydrogen-bond donors (Lipinski definition) is 12. The highest BCUT2D eigenvalue weighted by atomic mass is 16.8. The average molecular weight is 1220 g/mol. The van der Waals surface area contributed by atoms with Crippen molar-refractivity contribution in [2.45, 2.75) is 279 Å². The quantitative estimate of drug-likeness (QED) is 0.0214. The lowest BCUT2D eigenvalue weighted by atomic mass is 9.96. The number of allylic oxidation sites excluding steroid dienone is 18. The molecular weight excluding hydrogens is 1110 g/mol. The Kier molecular flexibility index (Phi) is 43.1. The van der Waals surface area contributed by atoms with E-state index in [1.54, 1.807) is 0 Å². The summed E-state index contributed by atoms with van der Waals surface area (Å²) in [5, 5.41) is 120. The van der Waals surface area contributed by atoms with Gasteiger partial charge in [0, 0.05) is 6.42 Å². The number of ether oxygens (including phenoxy) is 6. The molecule has 0 radical (unpaired) electrons. The largest absolute Gasteiger partial charge is 0.394 e. The lowest BCUT2D eigenvalue weighted by molar-refractivity contribution is -0.379. The molecule has 0 aromatic heterocycles. The van der Waals surface area contributed by atoms with Gasteiger partial charge < -0.3 is 89.9 Å². The Morgan fingerprint density at radius 2 is 0.802 bits per heavy atom. The minimum Gasteiger partial charge on any atom is -0.394 e. The van der Waals surface area contributed by atoms with Crippen molar-refractivity contribution in [3.63, 3.8) is 0 Å². The van der Waals surface area contributed by atoms with E-state index in [0.29, 0.717) is 19.3 Å². The van der Waals surface area contributed by atoms with Gasteiger partial charge in [0.15, 0.2) is 18.9 Å². The standard InChI is InChI=1S/C67H111NO18/c1-3-5-7-9-11-13-14-15-16-17-18-19-20-21-22-23-24-25-26-27-28-29-30-31-32-33-34-35-36-37-39-41-43-45-55(73)68-50(51(72)44-42-40-38-12-10-8-6-4-2)49-81-65-61(79)58(76)63(53(47-70)83-65)86-67-62(80)59(77)64(54(48-71)84-67)85-66-60(78)57(75)56(74)52(46-69)82-66/h5,7,11,13,15-16,18-19,21-22,24-25,27-28,30-31,33-34,50-54,56-67,69-72,74-80H,3-4,6,8-10,12,14,17,20,23,26,29,32,35-49H2,1-2H3,(H,68,73)/b7-5-,13-11-,16-15-,19-18-,22-21-,25-24-,28-27-,31-30-,34-33-. The third-order valence-electron chi connectivity index (χ3n) is 15.4. The van der Waals surface area contributed by atoms with E-state index in [9.17, 15) is 61.0 Å². The molecule has 0 aliphatic carbocycles. The third-order valence-corrected chi connectivity index (χ3v) is 15.4. The molecule has 12 N–H and O–H groups in total. The molecule has 0 aromatic carbocycles. The number of unbranched alkanes of at least 4 members (excludes halogenated alkanes) is 12. The zero-order valence-corrected chi connectivity index (χ0v) is 51.5. The number of aliphatic hydroxyl groups is 11. The Hall–Kier alpha value is -3.55. The summed E-state index contributed by atoms with van der Waals surface area (Å²) in [4.78, 5) is 13.3. The van der Waals surface area contributed by atoms with Crippen LogP contribution in [0.4, 0.5) is 0 Å². The number of rotatable bonds is 46. The van der Waals surface area contributed by atoms with Crippen molar-refractivity contribution in [1.29, 1.82) is 0 Å². The first kappa shape index (κ1) is 76.7. The molecule has 0 aromatic rings. The molecule has 0 bridgehead atoms. The number of amides is 1. The van der Waals surface area contributed by atoms with Gasteiger partial charge in [-0.15, -0.1) is 0 Å². The summed E-state index contributed by atoms with van der Waals surface area (Å²) in [6.45, 7) is 1.58. The summed E-state index contributed by atoms with van der Waals surface area (Å²) >= 11 is 0. The Bertz CT molecular complexity index is 1990. The smallest absolute Gasteiger partial charge is 0.220 e. The summed E-state index contributed by atoms with van der Waals surface area (Å²) < 4.78 is 34.2. The van der Waals surface area contributed by atoms with Crippen LogP contribution in [-0.4, -0.2) is 193 Å². The number of aliphatic hydroxyl groups excluding tert-OH is 11. The zero-order chi connectivity index (χ0) is 62.6. The highest BCUT2D eigenvalue weighted by molar-refractivity contribution is 5.76. The Morgan fingerprint density at radius 3 is 1.26 bits per heavy atom. The molecular formula is C67H111NO18. The lowest BCUT2D eigenvalue weighted by Gasteiger charge is -2.48. The molecule has 0 saturated carbocycles. The molecule has 19 heteroatoms. The molecule has 17 atom stereocenters. The summed E-state index contributed by atoms with van der Waals surface area (Å²) in [6.07, 6.45) is 36.4. The van der Waals surface area contributed by atoms with Crippen LogP contribution < -0.4 is 5.32 Å². The van der Waals surface area contributed by atoms with E-state index in [1.165, 1.54) is 12.8 Å². The van der Waals surface area contributed by atoms with E-state index in [4.69, 9.17) is 28.4 Å². The normalized spacial score (nSPS) is 29.5. The fourth-order valence-electron chi connectivity index (χ4n) is 10.1. The summed E-state index contributed by atoms with van der Waals surface area (Å²) in [6, 6.07) is -0.903. The van der Waals surface area contributed by atoms with Crippen LogP contribution >= 0.6 is 0 Å². The van der Waals surface area contributed by atoms with Crippen LogP contribution in [0, 0.1) is 0 Å². The van der Waals surface area contributed by atoms with Gasteiger partial charge in [-0.3, -0.25) is 4.79 Å². The average Bonchev–Trinajstić information content (AvgIpc) is 3.55. The monoisotopic (exact) mass is 1220 g/mol. The minimum absolute atomic E-state index is 0.235. The van der Waals surface area contributed by atoms with E-state index < -0.39 is 124 Å². The molecule has 17 unspecified atom stereocenters. The Morgan fingerprint density at radius 1 is 0.430 bits per heavy atom. The van der Waals surface area contributed by atoms with Gasteiger partial charge in [0.2, 0.25) is 5.91 Å². The van der Waals surface area contributed by atoms with E-state index in [0.717, 1.165) is 122 Å². The molecule has 86 heavy (non-hydrogen) atoms. The SMILES string of the molecule is CC/C=C\C/C=C\C/C=C\C/C=C\C/C=C\C/C=C\C/C=C\C/C=C\C/C=C\CCCCCCCC(=O)NC(COC1OC(CO)C(OC2OC(CO)C(OC3OC(CO)C(O)C(O)C3O)C(O)C2O)C(O)C1O)C(O)CCCCCCCCCC. The van der Waals surface area contributed by atoms with Gasteiger partial charge in [-0.1, -0.05) is 194 Å². The van der Waals surface area contributed by atoms with E-state index in [2.05, 4.69) is 129 Å². The minimum atomic E-state index is -1.98. The summed E-state index contributed by atoms with van der Waals surface area (Å²) in [5.74, 6) is -0.271. The van der Waals surface area contributed by atoms with Crippen molar-refractivity contribution >= 4 is 5.91 Å². The van der Waals surface area contributed by atoms with Gasteiger partial charge >= 0.3 is 0 Å². The summed E-state index contributed by atoms with van der Waals surface area (Å²) in [7, 11) is 0. The van der Waals surface area contributed by atoms with E-state index in [1.807, 2.05) is 0 Å². The second-order valence-electron chi connectivity index (χ2n) is 22.5. The third kappa shape index (κ3) is 30.8. The van der Waals surface area contributed by atoms with Crippen molar-refractivity contribution in [3.8, 4) is 0 Å². The van der Waals surface area contributed by atoms with Crippen molar-refractivity contribution < 1.29 is 89.4 Å². The molecule has 3 fully saturated rings. The molecule has 3 rings (SSSR count). The predicted molar refractivity (Wildman–Crippen MR) is 332 cm³/mol. The van der Waals surface area contributed by atoms with Crippen molar-refractivity contribution in [1.82, 2.24) is 5.32 Å². The molecule has 1 amide bonds. The molecule has 0 spiro atoms. The second kappa shape index (κ2) is 48.3. The fourth-order valence-corrected chi connectivity index (χ4v) is 10.1. The predicted octanol–water partition coefficient (Wildman–Crippen LogP) is 7.10. The molecule has 492 valence electrons. The number of nitrogens with one attached hydrogen (secondary N) is 1. The molecule has 3 aliphatic heterocycles. The van der Waals surface area contributed by atoms with Crippen LogP contribution in [0.3, 0.4) is 0 Å². The maximum absolute atomic E-state index is 13.3. The molecule has 3 heterocycles. The summed E-state index contributed by atoms with van der Waals surface area (Å²) in [5.41, 5.74) is 0. The van der Waals surface area contributed by atoms with Gasteiger partial charge in [-0.05, 0) is 83.5 Å². The van der Waals surface area contributed by atoms with Gasteiger partial charge in [0.1, 0.15) is 73.2 Å². The van der Waals surface area contributed by atoms with Gasteiger partial charge in [0.25, 0.3) is 0 Å². The van der Waals surface area contributed by atoms with Crippen LogP contribution in [0.2, 0.25) is 0 Å². The van der Waals surface area contributed by atoms with Gasteiger partial charge in [0.05, 0.1) is 38.6 Å². The number of carbonyl (C=O) groups excluding carboxylic acids is 1. The topological polar surface area (TPSA) is 307 Å². The van der Waals surface area contributed by atoms with Gasteiger partial charge in [-0.2, -0.15) is 0 Å². The van der Waals surface area contributed by atoms with Crippen LogP contribution in [0.1, 0.15) is 174 Å². The van der Waals surface area contributed by atoms with E-state index >= 15 is 0 Å². The fraction of sp³-hybridized carbons (Fsp3) is 0.716. The maximum atomic E-state index is 13.3. The first-order valence-electron chi connectivity index (χ1n) is 32.1. The first-order valence-corrected chi connectivity index (χ1v) is 32.1. The maximum Gasteiger partial charge on any atom is 0.220 e. The molecule has 3 aliphatic rings. The van der Waals surface area contributed by atoms with Crippen molar-refractivity contribution in [2.24, 2.45) is 0 Å². The highest BCUT2D eigenvalue weighted by Crippen LogP contribution is 2.33. The second-order valence-corrected chi connectivity index (χ2v) is 22.5. The van der Waals surface area contributed by atoms with E-state index in [-0.39, 0.29) is 18.9 Å². The number of carbonyl (C=O) groups is 1. The van der Waals surface area contributed by atoms with Crippen molar-refractivity contribution in [2.75, 3.05) is 26.4 Å². The van der Waals surface area contributed by atoms with Crippen LogP contribution in [-0.2, 0) is 33.2 Å². The molecule has 19 nitrogen and oxygen atoms in total. The first-order chi connectivity index (χ1) is 41.8. The van der Waals surface area contributed by atoms with Crippen LogP contribution in [0.15, 0.2) is 109 Å². The number of hydrogen-bond acceptors (Lipinski definition) is 18. The Labute approximate surface area is 513 Å². The van der Waals surface area contributed by atoms with Crippen LogP contribution in [0.5, 0.6) is 0 Å². The Balaban J connectivity index is 1.37. The lowest BCUT2D eigenvalue weighted by Crippen LogP contribution is -2.66. The molecule has 3 saturated heterocycles.